The first kappa shape index (κ1) is 17.4. The number of hydrogen-bond acceptors (Lipinski definition) is 4. The monoisotopic (exact) mass is 347 g/mol. The lowest BCUT2D eigenvalue weighted by atomic mass is 9.89. The Labute approximate surface area is 143 Å². The van der Waals surface area contributed by atoms with Crippen LogP contribution in [0, 0.1) is 17.6 Å². The van der Waals surface area contributed by atoms with Crippen molar-refractivity contribution in [1.29, 1.82) is 0 Å². The summed E-state index contributed by atoms with van der Waals surface area (Å²) in [6.07, 6.45) is 4.34. The van der Waals surface area contributed by atoms with E-state index in [4.69, 9.17) is 0 Å². The largest absolute Gasteiger partial charge is 0.326 e. The van der Waals surface area contributed by atoms with Crippen LogP contribution < -0.4 is 5.56 Å². The Bertz CT molecular complexity index is 814. The van der Waals surface area contributed by atoms with Crippen LogP contribution in [0.25, 0.3) is 0 Å². The van der Waals surface area contributed by atoms with Crippen molar-refractivity contribution >= 4 is 5.78 Å². The molecule has 0 saturated carbocycles. The minimum Gasteiger partial charge on any atom is -0.326 e. The van der Waals surface area contributed by atoms with Crippen LogP contribution in [-0.2, 0) is 17.8 Å². The number of aromatic nitrogens is 2. The van der Waals surface area contributed by atoms with Crippen molar-refractivity contribution < 1.29 is 13.6 Å². The van der Waals surface area contributed by atoms with Crippen molar-refractivity contribution in [2.24, 2.45) is 5.92 Å². The van der Waals surface area contributed by atoms with Gasteiger partial charge in [-0.3, -0.25) is 19.5 Å². The van der Waals surface area contributed by atoms with Gasteiger partial charge in [-0.2, -0.15) is 0 Å². The van der Waals surface area contributed by atoms with Crippen LogP contribution in [0.5, 0.6) is 0 Å². The quantitative estimate of drug-likeness (QED) is 0.899. The summed E-state index contributed by atoms with van der Waals surface area (Å²) in [5, 5.41) is 0. The number of hydrogen-bond donors (Lipinski definition) is 1. The maximum Gasteiger partial charge on any atom is 0.270 e. The van der Waals surface area contributed by atoms with E-state index in [0.717, 1.165) is 6.07 Å². The summed E-state index contributed by atoms with van der Waals surface area (Å²) in [5.74, 6) is -1.49. The molecular formula is C18H19F2N3O2. The van der Waals surface area contributed by atoms with E-state index in [1.54, 1.807) is 6.20 Å². The van der Waals surface area contributed by atoms with E-state index in [1.807, 2.05) is 0 Å². The smallest absolute Gasteiger partial charge is 0.270 e. The first-order valence-corrected chi connectivity index (χ1v) is 8.24. The standard InChI is InChI=1S/C18H19F2N3O2/c19-14-2-1-13(15(20)10-14)9-17(24)12-3-7-23(8-4-12)11-16-18(25)22-6-5-21-16/h1-2,5-6,10,12H,3-4,7-9,11H2,(H,22,25). The second kappa shape index (κ2) is 7.65. The topological polar surface area (TPSA) is 66.1 Å². The molecule has 0 amide bonds. The molecule has 3 rings (SSSR count). The average molecular weight is 347 g/mol. The van der Waals surface area contributed by atoms with Crippen LogP contribution in [0.1, 0.15) is 24.1 Å². The maximum absolute atomic E-state index is 13.7. The van der Waals surface area contributed by atoms with Gasteiger partial charge in [0.25, 0.3) is 5.56 Å². The zero-order valence-electron chi connectivity index (χ0n) is 13.7. The summed E-state index contributed by atoms with van der Waals surface area (Å²) in [6.45, 7) is 1.81. The van der Waals surface area contributed by atoms with Gasteiger partial charge in [-0.1, -0.05) is 6.07 Å². The Morgan fingerprint density at radius 2 is 2.04 bits per heavy atom. The van der Waals surface area contributed by atoms with Crippen LogP contribution in [0.15, 0.2) is 35.4 Å². The summed E-state index contributed by atoms with van der Waals surface area (Å²) in [4.78, 5) is 32.8. The molecule has 0 spiro atoms. The fraction of sp³-hybridized carbons (Fsp3) is 0.389. The van der Waals surface area contributed by atoms with E-state index < -0.39 is 11.6 Å². The van der Waals surface area contributed by atoms with Gasteiger partial charge in [0.05, 0.1) is 0 Å². The second-order valence-electron chi connectivity index (χ2n) is 6.29. The third-order valence-corrected chi connectivity index (χ3v) is 4.58. The van der Waals surface area contributed by atoms with E-state index >= 15 is 0 Å². The summed E-state index contributed by atoms with van der Waals surface area (Å²) >= 11 is 0. The molecule has 25 heavy (non-hydrogen) atoms. The predicted octanol–water partition coefficient (Wildman–Crippen LogP) is 2.07. The number of Topliss-reactive ketones (excluding diaryl/α,β-unsaturated/α-hetero) is 1. The fourth-order valence-corrected chi connectivity index (χ4v) is 3.12. The molecule has 0 unspecified atom stereocenters. The molecule has 1 aliphatic rings. The molecule has 0 atom stereocenters. The lowest BCUT2D eigenvalue weighted by Gasteiger charge is -2.30. The van der Waals surface area contributed by atoms with Gasteiger partial charge in [0, 0.05) is 37.3 Å². The van der Waals surface area contributed by atoms with Crippen molar-refractivity contribution in [3.05, 3.63) is 63.8 Å². The highest BCUT2D eigenvalue weighted by atomic mass is 19.1. The molecule has 7 heteroatoms. The van der Waals surface area contributed by atoms with Gasteiger partial charge < -0.3 is 4.98 Å². The Balaban J connectivity index is 1.54. The SMILES string of the molecule is O=C(Cc1ccc(F)cc1F)C1CCN(Cc2ncc[nH]c2=O)CC1. The average Bonchev–Trinajstić information content (AvgIpc) is 2.60. The Kier molecular flexibility index (Phi) is 5.33. The van der Waals surface area contributed by atoms with E-state index in [9.17, 15) is 18.4 Å². The number of piperidine rings is 1. The number of aromatic amines is 1. The molecule has 1 fully saturated rings. The first-order chi connectivity index (χ1) is 12.0. The highest BCUT2D eigenvalue weighted by molar-refractivity contribution is 5.83. The van der Waals surface area contributed by atoms with Crippen LogP contribution >= 0.6 is 0 Å². The van der Waals surface area contributed by atoms with Crippen molar-refractivity contribution in [2.75, 3.05) is 13.1 Å². The van der Waals surface area contributed by atoms with Gasteiger partial charge in [0.2, 0.25) is 0 Å². The number of H-pyrrole nitrogens is 1. The number of halogens is 2. The van der Waals surface area contributed by atoms with Crippen molar-refractivity contribution in [3.8, 4) is 0 Å². The lowest BCUT2D eigenvalue weighted by Crippen LogP contribution is -2.37. The van der Waals surface area contributed by atoms with Crippen LogP contribution in [0.2, 0.25) is 0 Å². The van der Waals surface area contributed by atoms with Crippen LogP contribution in [0.3, 0.4) is 0 Å². The molecule has 2 heterocycles. The summed E-state index contributed by atoms with van der Waals surface area (Å²) in [7, 11) is 0. The molecule has 1 N–H and O–H groups in total. The molecule has 1 aromatic carbocycles. The van der Waals surface area contributed by atoms with E-state index in [2.05, 4.69) is 14.9 Å². The van der Waals surface area contributed by atoms with Gasteiger partial charge in [-0.15, -0.1) is 0 Å². The van der Waals surface area contributed by atoms with Gasteiger partial charge in [-0.05, 0) is 37.6 Å². The molecule has 0 aliphatic carbocycles. The normalized spacial score (nSPS) is 16.1. The molecule has 5 nitrogen and oxygen atoms in total. The number of carbonyl (C=O) groups excluding carboxylic acids is 1. The summed E-state index contributed by atoms with van der Waals surface area (Å²) < 4.78 is 26.6. The summed E-state index contributed by atoms with van der Waals surface area (Å²) in [6, 6.07) is 3.29. The maximum atomic E-state index is 13.7. The third-order valence-electron chi connectivity index (χ3n) is 4.58. The molecular weight excluding hydrogens is 328 g/mol. The highest BCUT2D eigenvalue weighted by Crippen LogP contribution is 2.21. The summed E-state index contributed by atoms with van der Waals surface area (Å²) in [5.41, 5.74) is 0.488. The number of ketones is 1. The molecule has 0 bridgehead atoms. The first-order valence-electron chi connectivity index (χ1n) is 8.24. The van der Waals surface area contributed by atoms with E-state index in [-0.39, 0.29) is 29.2 Å². The van der Waals surface area contributed by atoms with Gasteiger partial charge in [0.15, 0.2) is 0 Å². The predicted molar refractivity (Wildman–Crippen MR) is 87.9 cm³/mol. The second-order valence-corrected chi connectivity index (χ2v) is 6.29. The Hall–Kier alpha value is -2.41. The van der Waals surface area contributed by atoms with Gasteiger partial charge in [-0.25, -0.2) is 8.78 Å². The van der Waals surface area contributed by atoms with Crippen molar-refractivity contribution in [3.63, 3.8) is 0 Å². The van der Waals surface area contributed by atoms with Crippen molar-refractivity contribution in [2.45, 2.75) is 25.8 Å². The van der Waals surface area contributed by atoms with Gasteiger partial charge >= 0.3 is 0 Å². The molecule has 132 valence electrons. The number of likely N-dealkylation sites (tertiary alicyclic amines) is 1. The van der Waals surface area contributed by atoms with Crippen molar-refractivity contribution in [1.82, 2.24) is 14.9 Å². The Morgan fingerprint density at radius 1 is 1.28 bits per heavy atom. The van der Waals surface area contributed by atoms with E-state index in [1.165, 1.54) is 18.3 Å². The lowest BCUT2D eigenvalue weighted by molar-refractivity contribution is -0.123. The van der Waals surface area contributed by atoms with E-state index in [0.29, 0.717) is 38.2 Å². The highest BCUT2D eigenvalue weighted by Gasteiger charge is 2.26. The fourth-order valence-electron chi connectivity index (χ4n) is 3.12. The number of nitrogens with one attached hydrogen (secondary N) is 1. The zero-order valence-corrected chi connectivity index (χ0v) is 13.7. The molecule has 1 saturated heterocycles. The zero-order chi connectivity index (χ0) is 17.8. The number of benzene rings is 1. The molecule has 1 aliphatic heterocycles. The van der Waals surface area contributed by atoms with Crippen LogP contribution in [-0.4, -0.2) is 33.7 Å². The third kappa shape index (κ3) is 4.36. The minimum atomic E-state index is -0.680. The van der Waals surface area contributed by atoms with Gasteiger partial charge in [0.1, 0.15) is 23.1 Å². The minimum absolute atomic E-state index is 0.0172. The number of nitrogens with zero attached hydrogens (tertiary/aromatic N) is 2. The molecule has 2 aromatic rings. The molecule has 1 aromatic heterocycles. The van der Waals surface area contributed by atoms with Crippen LogP contribution in [0.4, 0.5) is 8.78 Å². The molecule has 0 radical (unpaired) electrons. The Morgan fingerprint density at radius 3 is 2.72 bits per heavy atom. The number of rotatable bonds is 5. The number of carbonyl (C=O) groups is 1.